The van der Waals surface area contributed by atoms with Crippen LogP contribution in [0.2, 0.25) is 0 Å². The second kappa shape index (κ2) is 12.6. The fourth-order valence-corrected chi connectivity index (χ4v) is 6.71. The standard InChI is InChI=1S/C28H28.C8H16/c1-2-9-21(10-3-1)17-18-23-19-20-28(26-15-7-6-14-25(23)26)27-16-8-12-22-11-4-5-13-24(22)27;1-2-8-6-4-3-5-7-8/h4-8,11-16,19-21H,1-3,9-10,17-18H2;8H,2-7H2,1H3. The molecule has 0 spiro atoms. The fourth-order valence-electron chi connectivity index (χ4n) is 6.71. The minimum atomic E-state index is 0.935. The summed E-state index contributed by atoms with van der Waals surface area (Å²) < 4.78 is 0. The average Bonchev–Trinajstić information content (AvgIpc) is 2.97. The first-order valence-electron chi connectivity index (χ1n) is 14.8. The lowest BCUT2D eigenvalue weighted by Gasteiger charge is -2.22. The summed E-state index contributed by atoms with van der Waals surface area (Å²) in [6.07, 6.45) is 18.7. The monoisotopic (exact) mass is 476 g/mol. The van der Waals surface area contributed by atoms with Gasteiger partial charge in [-0.25, -0.2) is 0 Å². The van der Waals surface area contributed by atoms with Crippen molar-refractivity contribution in [3.8, 4) is 11.1 Å². The lowest BCUT2D eigenvalue weighted by Crippen LogP contribution is -2.07. The van der Waals surface area contributed by atoms with E-state index >= 15 is 0 Å². The molecular formula is C36H44. The molecule has 36 heavy (non-hydrogen) atoms. The Morgan fingerprint density at radius 2 is 1.11 bits per heavy atom. The Labute approximate surface area is 219 Å². The van der Waals surface area contributed by atoms with E-state index in [2.05, 4.69) is 85.8 Å². The van der Waals surface area contributed by atoms with Crippen LogP contribution in [-0.2, 0) is 6.42 Å². The quantitative estimate of drug-likeness (QED) is 0.269. The van der Waals surface area contributed by atoms with Gasteiger partial charge in [-0.1, -0.05) is 156 Å². The van der Waals surface area contributed by atoms with E-state index in [0.29, 0.717) is 0 Å². The second-order valence-electron chi connectivity index (χ2n) is 11.3. The van der Waals surface area contributed by atoms with E-state index in [4.69, 9.17) is 0 Å². The summed E-state index contributed by atoms with van der Waals surface area (Å²) in [5.74, 6) is 2.02. The van der Waals surface area contributed by atoms with Crippen LogP contribution in [0.15, 0.2) is 78.9 Å². The highest BCUT2D eigenvalue weighted by molar-refractivity contribution is 6.06. The molecule has 2 fully saturated rings. The van der Waals surface area contributed by atoms with Gasteiger partial charge >= 0.3 is 0 Å². The molecule has 0 saturated heterocycles. The van der Waals surface area contributed by atoms with Crippen LogP contribution in [0.3, 0.4) is 0 Å². The summed E-state index contributed by atoms with van der Waals surface area (Å²) in [5, 5.41) is 5.47. The van der Waals surface area contributed by atoms with Crippen molar-refractivity contribution in [2.75, 3.05) is 0 Å². The van der Waals surface area contributed by atoms with E-state index in [9.17, 15) is 0 Å². The van der Waals surface area contributed by atoms with E-state index in [1.54, 1.807) is 0 Å². The van der Waals surface area contributed by atoms with E-state index < -0.39 is 0 Å². The largest absolute Gasteiger partial charge is 0.0651 e. The third kappa shape index (κ3) is 6.03. The maximum atomic E-state index is 2.39. The lowest BCUT2D eigenvalue weighted by molar-refractivity contribution is 0.339. The van der Waals surface area contributed by atoms with E-state index in [0.717, 1.165) is 11.8 Å². The molecule has 0 heteroatoms. The van der Waals surface area contributed by atoms with E-state index in [-0.39, 0.29) is 0 Å². The summed E-state index contributed by atoms with van der Waals surface area (Å²) >= 11 is 0. The lowest BCUT2D eigenvalue weighted by atomic mass is 9.84. The maximum Gasteiger partial charge on any atom is -0.00990 e. The predicted octanol–water partition coefficient (Wildman–Crippen LogP) is 11.1. The number of benzene rings is 4. The Hall–Kier alpha value is -2.60. The predicted molar refractivity (Wildman–Crippen MR) is 159 cm³/mol. The molecule has 4 aromatic carbocycles. The first-order chi connectivity index (χ1) is 17.8. The molecule has 0 atom stereocenters. The summed E-state index contributed by atoms with van der Waals surface area (Å²) in [6.45, 7) is 2.32. The second-order valence-corrected chi connectivity index (χ2v) is 11.3. The molecule has 2 saturated carbocycles. The van der Waals surface area contributed by atoms with Crippen LogP contribution in [0.25, 0.3) is 32.7 Å². The van der Waals surface area contributed by atoms with Gasteiger partial charge in [0.15, 0.2) is 0 Å². The average molecular weight is 477 g/mol. The van der Waals surface area contributed by atoms with Crippen molar-refractivity contribution < 1.29 is 0 Å². The van der Waals surface area contributed by atoms with Gasteiger partial charge in [-0.15, -0.1) is 0 Å². The van der Waals surface area contributed by atoms with Gasteiger partial charge in [-0.3, -0.25) is 0 Å². The summed E-state index contributed by atoms with van der Waals surface area (Å²) in [6, 6.07) is 29.1. The van der Waals surface area contributed by atoms with Crippen molar-refractivity contribution in [1.29, 1.82) is 0 Å². The van der Waals surface area contributed by atoms with Gasteiger partial charge in [0.05, 0.1) is 0 Å². The van der Waals surface area contributed by atoms with Gasteiger partial charge in [0.1, 0.15) is 0 Å². The zero-order valence-corrected chi connectivity index (χ0v) is 22.4. The number of rotatable bonds is 5. The SMILES string of the molecule is CCC1CCCCC1.c1ccc2c(-c3ccc(CCC4CCCCC4)c4ccccc34)cccc2c1. The van der Waals surface area contributed by atoms with Gasteiger partial charge in [0.25, 0.3) is 0 Å². The van der Waals surface area contributed by atoms with Crippen LogP contribution in [0.4, 0.5) is 0 Å². The molecule has 2 aliphatic rings. The number of fused-ring (bicyclic) bond motifs is 2. The molecule has 188 valence electrons. The minimum Gasteiger partial charge on any atom is -0.0651 e. The van der Waals surface area contributed by atoms with Crippen LogP contribution in [0.5, 0.6) is 0 Å². The Morgan fingerprint density at radius 3 is 1.81 bits per heavy atom. The molecule has 0 aliphatic heterocycles. The zero-order valence-electron chi connectivity index (χ0n) is 22.4. The molecule has 0 heterocycles. The molecule has 0 nitrogen and oxygen atoms in total. The number of aryl methyl sites for hydroxylation is 1. The molecule has 2 aliphatic carbocycles. The van der Waals surface area contributed by atoms with Crippen molar-refractivity contribution in [1.82, 2.24) is 0 Å². The van der Waals surface area contributed by atoms with Gasteiger partial charge in [0, 0.05) is 0 Å². The Balaban J connectivity index is 0.000000286. The van der Waals surface area contributed by atoms with Crippen molar-refractivity contribution in [3.05, 3.63) is 84.4 Å². The van der Waals surface area contributed by atoms with Crippen molar-refractivity contribution >= 4 is 21.5 Å². The van der Waals surface area contributed by atoms with Crippen LogP contribution in [0.1, 0.15) is 89.5 Å². The first-order valence-corrected chi connectivity index (χ1v) is 14.8. The highest BCUT2D eigenvalue weighted by Gasteiger charge is 2.15. The maximum absolute atomic E-state index is 2.39. The van der Waals surface area contributed by atoms with Crippen LogP contribution >= 0.6 is 0 Å². The molecule has 6 rings (SSSR count). The molecule has 0 unspecified atom stereocenters. The smallest absolute Gasteiger partial charge is 0.00990 e. The van der Waals surface area contributed by atoms with E-state index in [1.807, 2.05) is 0 Å². The summed E-state index contributed by atoms with van der Waals surface area (Å²) in [7, 11) is 0. The third-order valence-electron chi connectivity index (χ3n) is 8.94. The highest BCUT2D eigenvalue weighted by Crippen LogP contribution is 2.36. The third-order valence-corrected chi connectivity index (χ3v) is 8.94. The Kier molecular flexibility index (Phi) is 8.76. The number of hydrogen-bond acceptors (Lipinski definition) is 0. The van der Waals surface area contributed by atoms with Crippen molar-refractivity contribution in [2.24, 2.45) is 11.8 Å². The molecule has 0 radical (unpaired) electrons. The van der Waals surface area contributed by atoms with Gasteiger partial charge in [-0.05, 0) is 62.9 Å². The molecular weight excluding hydrogens is 432 g/mol. The normalized spacial score (nSPS) is 17.1. The molecule has 0 N–H and O–H groups in total. The minimum absolute atomic E-state index is 0.935. The summed E-state index contributed by atoms with van der Waals surface area (Å²) in [5.41, 5.74) is 4.21. The van der Waals surface area contributed by atoms with Crippen molar-refractivity contribution in [3.63, 3.8) is 0 Å². The topological polar surface area (TPSA) is 0 Å². The van der Waals surface area contributed by atoms with Crippen molar-refractivity contribution in [2.45, 2.75) is 90.4 Å². The Morgan fingerprint density at radius 1 is 0.528 bits per heavy atom. The summed E-state index contributed by atoms with van der Waals surface area (Å²) in [4.78, 5) is 0. The zero-order chi connectivity index (χ0) is 24.6. The van der Waals surface area contributed by atoms with E-state index in [1.165, 1.54) is 122 Å². The Bertz CT molecular complexity index is 1230. The number of hydrogen-bond donors (Lipinski definition) is 0. The van der Waals surface area contributed by atoms with Crippen LogP contribution in [-0.4, -0.2) is 0 Å². The highest BCUT2D eigenvalue weighted by atomic mass is 14.2. The molecule has 0 bridgehead atoms. The molecule has 0 amide bonds. The van der Waals surface area contributed by atoms with Gasteiger partial charge in [-0.2, -0.15) is 0 Å². The molecule has 0 aromatic heterocycles. The first kappa shape index (κ1) is 25.1. The fraction of sp³-hybridized carbons (Fsp3) is 0.444. The van der Waals surface area contributed by atoms with Gasteiger partial charge < -0.3 is 0 Å². The van der Waals surface area contributed by atoms with Crippen LogP contribution in [0, 0.1) is 11.8 Å². The van der Waals surface area contributed by atoms with Crippen LogP contribution < -0.4 is 0 Å². The molecule has 4 aromatic rings. The van der Waals surface area contributed by atoms with Gasteiger partial charge in [0.2, 0.25) is 0 Å².